The minimum Gasteiger partial charge on any atom is -0.376 e. The molecule has 0 saturated heterocycles. The van der Waals surface area contributed by atoms with Crippen LogP contribution >= 0.6 is 0 Å². The van der Waals surface area contributed by atoms with E-state index in [0.717, 1.165) is 33.4 Å². The molecule has 3 aromatic rings. The van der Waals surface area contributed by atoms with Crippen molar-refractivity contribution >= 4 is 10.1 Å². The Morgan fingerprint density at radius 2 is 1.27 bits per heavy atom. The number of hydrogen-bond acceptors (Lipinski definition) is 3. The molecule has 0 aromatic heterocycles. The van der Waals surface area contributed by atoms with Gasteiger partial charge in [0.2, 0.25) is 0 Å². The molecular weight excluding hydrogens is 413 g/mol. The molecule has 0 N–H and O–H groups in total. The van der Waals surface area contributed by atoms with Crippen molar-refractivity contribution in [3.05, 3.63) is 99.6 Å². The van der Waals surface area contributed by atoms with Crippen molar-refractivity contribution in [1.82, 2.24) is 0 Å². The Labute approximate surface area is 172 Å². The number of benzene rings is 3. The molecular formula is C23H17F3O3S. The SMILES string of the molecule is CCc1ccc(OS(=O)(=O)C(F)(F)F)c2c1C1c3ccccc3C2c2ccccc21. The summed E-state index contributed by atoms with van der Waals surface area (Å²) in [5, 5.41) is 0. The lowest BCUT2D eigenvalue weighted by Crippen LogP contribution is -2.32. The summed E-state index contributed by atoms with van der Waals surface area (Å²) in [6.07, 6.45) is 0.669. The molecule has 0 amide bonds. The Hall–Kier alpha value is -2.80. The Kier molecular flexibility index (Phi) is 4.06. The van der Waals surface area contributed by atoms with Crippen LogP contribution in [0, 0.1) is 0 Å². The van der Waals surface area contributed by atoms with Gasteiger partial charge in [-0.1, -0.05) is 61.5 Å². The maximum absolute atomic E-state index is 13.0. The Bertz CT molecular complexity index is 1230. The molecule has 7 heteroatoms. The first-order chi connectivity index (χ1) is 14.2. The molecule has 0 fully saturated rings. The summed E-state index contributed by atoms with van der Waals surface area (Å²) in [7, 11) is -5.78. The fraction of sp³-hybridized carbons (Fsp3) is 0.217. The van der Waals surface area contributed by atoms with Crippen LogP contribution in [0.25, 0.3) is 0 Å². The second-order valence-corrected chi connectivity index (χ2v) is 9.05. The highest BCUT2D eigenvalue weighted by Crippen LogP contribution is 2.58. The van der Waals surface area contributed by atoms with Gasteiger partial charge in [0.1, 0.15) is 5.75 Å². The van der Waals surface area contributed by atoms with Gasteiger partial charge < -0.3 is 4.18 Å². The summed E-state index contributed by atoms with van der Waals surface area (Å²) in [4.78, 5) is 0. The van der Waals surface area contributed by atoms with Crippen LogP contribution in [0.3, 0.4) is 0 Å². The van der Waals surface area contributed by atoms with Crippen molar-refractivity contribution in [1.29, 1.82) is 0 Å². The van der Waals surface area contributed by atoms with Gasteiger partial charge in [-0.15, -0.1) is 0 Å². The second kappa shape index (κ2) is 6.35. The standard InChI is InChI=1S/C23H17F3O3S/c1-2-13-11-12-18(29-30(27,28)23(24,25)26)22-19(13)20-14-7-3-5-9-16(14)21(22)17-10-6-4-8-15(17)20/h3-12,20-21H,2H2,1H3. The number of alkyl halides is 3. The van der Waals surface area contributed by atoms with Gasteiger partial charge in [0.05, 0.1) is 0 Å². The van der Waals surface area contributed by atoms with E-state index in [1.165, 1.54) is 6.07 Å². The van der Waals surface area contributed by atoms with E-state index >= 15 is 0 Å². The Balaban J connectivity index is 1.82. The van der Waals surface area contributed by atoms with Crippen molar-refractivity contribution in [3.63, 3.8) is 0 Å². The molecule has 0 atom stereocenters. The van der Waals surface area contributed by atoms with Gasteiger partial charge in [-0.3, -0.25) is 0 Å². The summed E-state index contributed by atoms with van der Waals surface area (Å²) in [5.74, 6) is -0.814. The summed E-state index contributed by atoms with van der Waals surface area (Å²) in [6, 6.07) is 18.7. The molecule has 0 radical (unpaired) electrons. The summed E-state index contributed by atoms with van der Waals surface area (Å²) in [6.45, 7) is 1.97. The van der Waals surface area contributed by atoms with E-state index in [-0.39, 0.29) is 17.6 Å². The molecule has 0 aliphatic heterocycles. The summed E-state index contributed by atoms with van der Waals surface area (Å²) < 4.78 is 67.5. The van der Waals surface area contributed by atoms with Gasteiger partial charge in [0.15, 0.2) is 0 Å². The number of rotatable bonds is 3. The highest BCUT2D eigenvalue weighted by molar-refractivity contribution is 7.88. The van der Waals surface area contributed by atoms with Crippen LogP contribution in [-0.4, -0.2) is 13.9 Å². The van der Waals surface area contributed by atoms with Crippen LogP contribution in [0.2, 0.25) is 0 Å². The van der Waals surface area contributed by atoms with E-state index in [9.17, 15) is 21.6 Å². The lowest BCUT2D eigenvalue weighted by Gasteiger charge is -2.43. The van der Waals surface area contributed by atoms with Crippen LogP contribution in [0.4, 0.5) is 13.2 Å². The smallest absolute Gasteiger partial charge is 0.376 e. The van der Waals surface area contributed by atoms with Gasteiger partial charge in [-0.05, 0) is 45.9 Å². The highest BCUT2D eigenvalue weighted by Gasteiger charge is 2.50. The van der Waals surface area contributed by atoms with Gasteiger partial charge in [-0.2, -0.15) is 21.6 Å². The Morgan fingerprint density at radius 3 is 1.70 bits per heavy atom. The zero-order valence-corrected chi connectivity index (χ0v) is 16.7. The molecule has 6 rings (SSSR count). The van der Waals surface area contributed by atoms with Crippen LogP contribution < -0.4 is 4.18 Å². The van der Waals surface area contributed by atoms with Crippen LogP contribution in [0.1, 0.15) is 57.7 Å². The van der Waals surface area contributed by atoms with E-state index in [4.69, 9.17) is 4.18 Å². The van der Waals surface area contributed by atoms with E-state index in [0.29, 0.717) is 12.0 Å². The molecule has 3 aromatic carbocycles. The third kappa shape index (κ3) is 2.54. The normalized spacial score (nSPS) is 19.1. The molecule has 0 unspecified atom stereocenters. The van der Waals surface area contributed by atoms with Crippen molar-refractivity contribution in [2.75, 3.05) is 0 Å². The van der Waals surface area contributed by atoms with Crippen LogP contribution in [-0.2, 0) is 16.5 Å². The molecule has 3 aliphatic rings. The van der Waals surface area contributed by atoms with Gasteiger partial charge in [0, 0.05) is 17.4 Å². The topological polar surface area (TPSA) is 43.4 Å². The minimum absolute atomic E-state index is 0.176. The second-order valence-electron chi connectivity index (χ2n) is 7.51. The van der Waals surface area contributed by atoms with Crippen molar-refractivity contribution in [2.45, 2.75) is 30.7 Å². The van der Waals surface area contributed by atoms with Crippen molar-refractivity contribution in [3.8, 4) is 5.75 Å². The zero-order chi connectivity index (χ0) is 21.3. The van der Waals surface area contributed by atoms with Gasteiger partial charge in [0.25, 0.3) is 0 Å². The summed E-state index contributed by atoms with van der Waals surface area (Å²) >= 11 is 0. The molecule has 2 bridgehead atoms. The number of halogens is 3. The maximum atomic E-state index is 13.0. The summed E-state index contributed by atoms with van der Waals surface area (Å²) in [5.41, 5.74) is 0.985. The first-order valence-electron chi connectivity index (χ1n) is 9.58. The van der Waals surface area contributed by atoms with E-state index in [1.807, 2.05) is 55.5 Å². The fourth-order valence-electron chi connectivity index (χ4n) is 4.88. The van der Waals surface area contributed by atoms with E-state index in [1.54, 1.807) is 6.07 Å². The largest absolute Gasteiger partial charge is 0.534 e. The average Bonchev–Trinajstić information content (AvgIpc) is 2.72. The number of aryl methyl sites for hydroxylation is 1. The molecule has 30 heavy (non-hydrogen) atoms. The first-order valence-corrected chi connectivity index (χ1v) is 11.0. The zero-order valence-electron chi connectivity index (χ0n) is 15.9. The van der Waals surface area contributed by atoms with Crippen molar-refractivity contribution < 1.29 is 25.8 Å². The maximum Gasteiger partial charge on any atom is 0.534 e. The predicted molar refractivity (Wildman–Crippen MR) is 106 cm³/mol. The monoisotopic (exact) mass is 430 g/mol. The van der Waals surface area contributed by atoms with Crippen LogP contribution in [0.15, 0.2) is 60.7 Å². The lowest BCUT2D eigenvalue weighted by molar-refractivity contribution is -0.0500. The quantitative estimate of drug-likeness (QED) is 0.282. The third-order valence-corrected chi connectivity index (χ3v) is 6.98. The van der Waals surface area contributed by atoms with E-state index in [2.05, 4.69) is 0 Å². The number of hydrogen-bond donors (Lipinski definition) is 0. The van der Waals surface area contributed by atoms with E-state index < -0.39 is 15.6 Å². The fourth-order valence-corrected chi connectivity index (χ4v) is 5.35. The molecule has 154 valence electrons. The minimum atomic E-state index is -5.78. The predicted octanol–water partition coefficient (Wildman–Crippen LogP) is 5.46. The molecule has 3 aliphatic carbocycles. The first kappa shape index (κ1) is 19.2. The Morgan fingerprint density at radius 1 is 0.800 bits per heavy atom. The van der Waals surface area contributed by atoms with Crippen molar-refractivity contribution in [2.24, 2.45) is 0 Å². The molecule has 3 nitrogen and oxygen atoms in total. The van der Waals surface area contributed by atoms with Crippen LogP contribution in [0.5, 0.6) is 5.75 Å². The third-order valence-electron chi connectivity index (χ3n) is 6.01. The van der Waals surface area contributed by atoms with Gasteiger partial charge in [-0.25, -0.2) is 0 Å². The molecule has 0 saturated carbocycles. The molecule has 0 spiro atoms. The average molecular weight is 430 g/mol. The lowest BCUT2D eigenvalue weighted by atomic mass is 9.60. The molecule has 0 heterocycles. The van der Waals surface area contributed by atoms with Gasteiger partial charge >= 0.3 is 15.6 Å². The highest BCUT2D eigenvalue weighted by atomic mass is 32.2.